The van der Waals surface area contributed by atoms with Crippen LogP contribution in [0.2, 0.25) is 0 Å². The molecule has 1 aliphatic heterocycles. The van der Waals surface area contributed by atoms with E-state index in [1.54, 1.807) is 7.11 Å². The van der Waals surface area contributed by atoms with Crippen molar-refractivity contribution < 1.29 is 14.3 Å². The molecule has 0 spiro atoms. The van der Waals surface area contributed by atoms with Crippen LogP contribution in [0.5, 0.6) is 0 Å². The molecule has 0 aliphatic carbocycles. The van der Waals surface area contributed by atoms with Crippen LogP contribution in [-0.2, 0) is 14.3 Å². The van der Waals surface area contributed by atoms with Gasteiger partial charge in [-0.2, -0.15) is 0 Å². The maximum absolute atomic E-state index is 11.8. The quantitative estimate of drug-likeness (QED) is 0.675. The zero-order valence-electron chi connectivity index (χ0n) is 10.1. The van der Waals surface area contributed by atoms with E-state index >= 15 is 0 Å². The predicted molar refractivity (Wildman–Crippen MR) is 61.0 cm³/mol. The molecular formula is C11H22N2O3. The molecule has 5 heteroatoms. The Labute approximate surface area is 96.7 Å². The number of rotatable bonds is 6. The second-order valence-electron chi connectivity index (χ2n) is 4.25. The highest BCUT2D eigenvalue weighted by Crippen LogP contribution is 2.18. The number of carbonyl (C=O) groups excluding carboxylic acids is 1. The minimum atomic E-state index is -0.321. The molecule has 1 aliphatic rings. The van der Waals surface area contributed by atoms with Crippen LogP contribution < -0.4 is 11.1 Å². The Balaban J connectivity index is 2.24. The van der Waals surface area contributed by atoms with Crippen molar-refractivity contribution in [2.75, 3.05) is 20.3 Å². The van der Waals surface area contributed by atoms with Gasteiger partial charge in [-0.15, -0.1) is 0 Å². The van der Waals surface area contributed by atoms with Gasteiger partial charge in [0, 0.05) is 26.3 Å². The molecule has 1 amide bonds. The van der Waals surface area contributed by atoms with E-state index in [-0.39, 0.29) is 24.2 Å². The fourth-order valence-electron chi connectivity index (χ4n) is 1.77. The Morgan fingerprint density at radius 1 is 1.62 bits per heavy atom. The van der Waals surface area contributed by atoms with Crippen LogP contribution >= 0.6 is 0 Å². The van der Waals surface area contributed by atoms with Crippen LogP contribution in [0.1, 0.15) is 26.2 Å². The Morgan fingerprint density at radius 2 is 2.38 bits per heavy atom. The third kappa shape index (κ3) is 4.08. The lowest BCUT2D eigenvalue weighted by Gasteiger charge is -2.17. The summed E-state index contributed by atoms with van der Waals surface area (Å²) in [6.45, 7) is 3.10. The Bertz CT molecular complexity index is 223. The van der Waals surface area contributed by atoms with E-state index in [2.05, 4.69) is 5.32 Å². The first kappa shape index (κ1) is 13.4. The number of amides is 1. The van der Waals surface area contributed by atoms with Gasteiger partial charge in [-0.3, -0.25) is 4.79 Å². The van der Waals surface area contributed by atoms with Gasteiger partial charge in [0.2, 0.25) is 5.91 Å². The van der Waals surface area contributed by atoms with Crippen LogP contribution in [0.25, 0.3) is 0 Å². The average molecular weight is 230 g/mol. The van der Waals surface area contributed by atoms with Gasteiger partial charge in [0.15, 0.2) is 0 Å². The third-order valence-corrected chi connectivity index (χ3v) is 2.81. The monoisotopic (exact) mass is 230 g/mol. The Kier molecular flexibility index (Phi) is 5.73. The van der Waals surface area contributed by atoms with Gasteiger partial charge in [-0.1, -0.05) is 0 Å². The molecule has 16 heavy (non-hydrogen) atoms. The molecule has 0 aromatic rings. The molecule has 0 aromatic heterocycles. The molecule has 0 bridgehead atoms. The number of ether oxygens (including phenoxy) is 2. The second kappa shape index (κ2) is 6.83. The largest absolute Gasteiger partial charge is 0.385 e. The van der Waals surface area contributed by atoms with Crippen molar-refractivity contribution in [3.63, 3.8) is 0 Å². The average Bonchev–Trinajstić information content (AvgIpc) is 2.74. The number of hydrogen-bond donors (Lipinski definition) is 2. The standard InChI is InChI=1S/C11H22N2O3/c1-8(5-6-15-2)13-11(14)10-4-3-9(7-12)16-10/h8-10H,3-7,12H2,1-2H3,(H,13,14)/t8?,9-,10+/m1/s1. The number of carbonyl (C=O) groups is 1. The van der Waals surface area contributed by atoms with Crippen LogP contribution in [0.15, 0.2) is 0 Å². The number of methoxy groups -OCH3 is 1. The second-order valence-corrected chi connectivity index (χ2v) is 4.25. The van der Waals surface area contributed by atoms with Gasteiger partial charge >= 0.3 is 0 Å². The lowest BCUT2D eigenvalue weighted by Crippen LogP contribution is -2.40. The first-order valence-electron chi connectivity index (χ1n) is 5.82. The van der Waals surface area contributed by atoms with Gasteiger partial charge in [0.25, 0.3) is 0 Å². The van der Waals surface area contributed by atoms with Crippen molar-refractivity contribution in [2.24, 2.45) is 5.73 Å². The maximum Gasteiger partial charge on any atom is 0.249 e. The molecular weight excluding hydrogens is 208 g/mol. The molecule has 0 radical (unpaired) electrons. The highest BCUT2D eigenvalue weighted by molar-refractivity contribution is 5.81. The van der Waals surface area contributed by atoms with E-state index in [9.17, 15) is 4.79 Å². The lowest BCUT2D eigenvalue weighted by molar-refractivity contribution is -0.132. The molecule has 1 fully saturated rings. The molecule has 1 saturated heterocycles. The van der Waals surface area contributed by atoms with Gasteiger partial charge < -0.3 is 20.5 Å². The van der Waals surface area contributed by atoms with Crippen molar-refractivity contribution in [2.45, 2.75) is 44.4 Å². The summed E-state index contributed by atoms with van der Waals surface area (Å²) in [4.78, 5) is 11.8. The summed E-state index contributed by atoms with van der Waals surface area (Å²) in [6.07, 6.45) is 2.18. The summed E-state index contributed by atoms with van der Waals surface area (Å²) in [7, 11) is 1.65. The molecule has 3 atom stereocenters. The summed E-state index contributed by atoms with van der Waals surface area (Å²) in [5, 5.41) is 2.92. The molecule has 1 unspecified atom stereocenters. The van der Waals surface area contributed by atoms with Crippen molar-refractivity contribution >= 4 is 5.91 Å². The maximum atomic E-state index is 11.8. The molecule has 1 rings (SSSR count). The minimum Gasteiger partial charge on any atom is -0.385 e. The normalized spacial score (nSPS) is 26.7. The smallest absolute Gasteiger partial charge is 0.249 e. The van der Waals surface area contributed by atoms with E-state index in [1.807, 2.05) is 6.92 Å². The predicted octanol–water partition coefficient (Wildman–Crippen LogP) is 0.0339. The summed E-state index contributed by atoms with van der Waals surface area (Å²) < 4.78 is 10.5. The molecule has 0 saturated carbocycles. The van der Waals surface area contributed by atoms with E-state index in [0.717, 1.165) is 19.3 Å². The van der Waals surface area contributed by atoms with E-state index in [4.69, 9.17) is 15.2 Å². The van der Waals surface area contributed by atoms with Crippen LogP contribution in [-0.4, -0.2) is 44.4 Å². The highest BCUT2D eigenvalue weighted by atomic mass is 16.5. The first-order valence-corrected chi connectivity index (χ1v) is 5.82. The van der Waals surface area contributed by atoms with E-state index in [1.165, 1.54) is 0 Å². The fraction of sp³-hybridized carbons (Fsp3) is 0.909. The molecule has 1 heterocycles. The summed E-state index contributed by atoms with van der Waals surface area (Å²) in [6, 6.07) is 0.118. The van der Waals surface area contributed by atoms with Crippen molar-refractivity contribution in [1.82, 2.24) is 5.32 Å². The molecule has 0 aromatic carbocycles. The zero-order chi connectivity index (χ0) is 12.0. The molecule has 5 nitrogen and oxygen atoms in total. The highest BCUT2D eigenvalue weighted by Gasteiger charge is 2.30. The molecule has 3 N–H and O–H groups in total. The lowest BCUT2D eigenvalue weighted by atomic mass is 10.1. The van der Waals surface area contributed by atoms with Gasteiger partial charge in [0.05, 0.1) is 6.10 Å². The number of nitrogens with two attached hydrogens (primary N) is 1. The van der Waals surface area contributed by atoms with Crippen molar-refractivity contribution in [3.05, 3.63) is 0 Å². The van der Waals surface area contributed by atoms with Crippen LogP contribution in [0, 0.1) is 0 Å². The van der Waals surface area contributed by atoms with Crippen LogP contribution in [0.4, 0.5) is 0 Å². The topological polar surface area (TPSA) is 73.6 Å². The summed E-state index contributed by atoms with van der Waals surface area (Å²) in [5.41, 5.74) is 5.49. The van der Waals surface area contributed by atoms with Crippen molar-refractivity contribution in [1.29, 1.82) is 0 Å². The first-order chi connectivity index (χ1) is 7.67. The Hall–Kier alpha value is -0.650. The van der Waals surface area contributed by atoms with Gasteiger partial charge in [-0.05, 0) is 26.2 Å². The van der Waals surface area contributed by atoms with Gasteiger partial charge in [0.1, 0.15) is 6.10 Å². The van der Waals surface area contributed by atoms with Crippen LogP contribution in [0.3, 0.4) is 0 Å². The molecule has 94 valence electrons. The summed E-state index contributed by atoms with van der Waals surface area (Å²) >= 11 is 0. The van der Waals surface area contributed by atoms with E-state index < -0.39 is 0 Å². The Morgan fingerprint density at radius 3 is 2.94 bits per heavy atom. The number of nitrogens with one attached hydrogen (secondary N) is 1. The fourth-order valence-corrected chi connectivity index (χ4v) is 1.77. The SMILES string of the molecule is COCCC(C)NC(=O)[C@@H]1CC[C@H](CN)O1. The zero-order valence-corrected chi connectivity index (χ0v) is 10.1. The summed E-state index contributed by atoms with van der Waals surface area (Å²) in [5.74, 6) is -0.0282. The van der Waals surface area contributed by atoms with E-state index in [0.29, 0.717) is 13.2 Å². The third-order valence-electron chi connectivity index (χ3n) is 2.81. The number of hydrogen-bond acceptors (Lipinski definition) is 4. The van der Waals surface area contributed by atoms with Gasteiger partial charge in [-0.25, -0.2) is 0 Å². The van der Waals surface area contributed by atoms with Crippen molar-refractivity contribution in [3.8, 4) is 0 Å². The minimum absolute atomic E-state index is 0.0282.